The molecule has 0 aliphatic rings. The quantitative estimate of drug-likeness (QED) is 0.598. The van der Waals surface area contributed by atoms with E-state index in [1.807, 2.05) is 19.1 Å². The van der Waals surface area contributed by atoms with Crippen LogP contribution in [0.3, 0.4) is 0 Å². The van der Waals surface area contributed by atoms with Crippen LogP contribution < -0.4 is 0 Å². The van der Waals surface area contributed by atoms with Gasteiger partial charge in [0, 0.05) is 0 Å². The third-order valence-electron chi connectivity index (χ3n) is 2.40. The molecule has 78 valence electrons. The summed E-state index contributed by atoms with van der Waals surface area (Å²) in [5.41, 5.74) is -0.527. The van der Waals surface area contributed by atoms with Crippen molar-refractivity contribution in [3.8, 4) is 0 Å². The van der Waals surface area contributed by atoms with Gasteiger partial charge in [0.15, 0.2) is 0 Å². The van der Waals surface area contributed by atoms with Crippen molar-refractivity contribution >= 4 is 0 Å². The fourth-order valence-corrected chi connectivity index (χ4v) is 1.57. The van der Waals surface area contributed by atoms with E-state index >= 15 is 0 Å². The standard InChI is InChI=1S/C12H24O/c1-4-7-10-12(13,9-6-3)11-8-5-2/h6,9,13H,4-5,7-8,10-11H2,1-3H3/b9-6+. The number of hydrogen-bond donors (Lipinski definition) is 1. The second kappa shape index (κ2) is 7.14. The van der Waals surface area contributed by atoms with E-state index in [2.05, 4.69) is 13.8 Å². The Hall–Kier alpha value is -0.300. The summed E-state index contributed by atoms with van der Waals surface area (Å²) in [6.07, 6.45) is 10.3. The minimum absolute atomic E-state index is 0.527. The summed E-state index contributed by atoms with van der Waals surface area (Å²) in [6.45, 7) is 6.30. The van der Waals surface area contributed by atoms with Crippen LogP contribution in [0.15, 0.2) is 12.2 Å². The number of rotatable bonds is 7. The number of allylic oxidation sites excluding steroid dienone is 1. The van der Waals surface area contributed by atoms with Gasteiger partial charge in [-0.3, -0.25) is 0 Å². The first kappa shape index (κ1) is 12.7. The molecule has 0 aromatic carbocycles. The zero-order valence-electron chi connectivity index (χ0n) is 9.34. The summed E-state index contributed by atoms with van der Waals surface area (Å²) in [4.78, 5) is 0. The highest BCUT2D eigenvalue weighted by atomic mass is 16.3. The van der Waals surface area contributed by atoms with Crippen LogP contribution >= 0.6 is 0 Å². The van der Waals surface area contributed by atoms with E-state index in [9.17, 15) is 5.11 Å². The van der Waals surface area contributed by atoms with Gasteiger partial charge in [0.1, 0.15) is 0 Å². The van der Waals surface area contributed by atoms with Crippen molar-refractivity contribution in [1.29, 1.82) is 0 Å². The molecular formula is C12H24O. The largest absolute Gasteiger partial charge is 0.386 e. The summed E-state index contributed by atoms with van der Waals surface area (Å²) >= 11 is 0. The molecule has 0 amide bonds. The minimum Gasteiger partial charge on any atom is -0.386 e. The molecule has 0 fully saturated rings. The minimum atomic E-state index is -0.527. The zero-order chi connectivity index (χ0) is 10.2. The maximum atomic E-state index is 10.2. The fraction of sp³-hybridized carbons (Fsp3) is 0.833. The first-order chi connectivity index (χ1) is 6.18. The van der Waals surface area contributed by atoms with Gasteiger partial charge in [0.25, 0.3) is 0 Å². The van der Waals surface area contributed by atoms with Crippen molar-refractivity contribution < 1.29 is 5.11 Å². The molecule has 0 aliphatic heterocycles. The second-order valence-corrected chi connectivity index (χ2v) is 3.81. The molecule has 0 rings (SSSR count). The molecular weight excluding hydrogens is 160 g/mol. The molecule has 0 atom stereocenters. The van der Waals surface area contributed by atoms with Gasteiger partial charge in [-0.1, -0.05) is 51.7 Å². The summed E-state index contributed by atoms with van der Waals surface area (Å²) in [5.74, 6) is 0. The van der Waals surface area contributed by atoms with E-state index in [1.54, 1.807) is 0 Å². The molecule has 0 aromatic rings. The molecule has 0 radical (unpaired) electrons. The van der Waals surface area contributed by atoms with E-state index in [1.165, 1.54) is 0 Å². The molecule has 1 N–H and O–H groups in total. The van der Waals surface area contributed by atoms with Crippen LogP contribution in [0.1, 0.15) is 59.3 Å². The highest BCUT2D eigenvalue weighted by molar-refractivity contribution is 4.99. The van der Waals surface area contributed by atoms with Gasteiger partial charge in [-0.25, -0.2) is 0 Å². The lowest BCUT2D eigenvalue weighted by Gasteiger charge is -2.24. The Morgan fingerprint density at radius 2 is 1.54 bits per heavy atom. The Morgan fingerprint density at radius 1 is 1.08 bits per heavy atom. The molecule has 0 saturated carbocycles. The zero-order valence-corrected chi connectivity index (χ0v) is 9.34. The topological polar surface area (TPSA) is 20.2 Å². The molecule has 0 bridgehead atoms. The van der Waals surface area contributed by atoms with Gasteiger partial charge < -0.3 is 5.11 Å². The summed E-state index contributed by atoms with van der Waals surface area (Å²) in [5, 5.41) is 10.2. The van der Waals surface area contributed by atoms with E-state index < -0.39 is 5.60 Å². The summed E-state index contributed by atoms with van der Waals surface area (Å²) < 4.78 is 0. The first-order valence-electron chi connectivity index (χ1n) is 5.54. The molecule has 1 nitrogen and oxygen atoms in total. The Kier molecular flexibility index (Phi) is 6.97. The predicted molar refractivity (Wildman–Crippen MR) is 58.8 cm³/mol. The van der Waals surface area contributed by atoms with Gasteiger partial charge in [-0.05, 0) is 19.8 Å². The maximum Gasteiger partial charge on any atom is 0.0827 e. The van der Waals surface area contributed by atoms with E-state index in [0.717, 1.165) is 38.5 Å². The van der Waals surface area contributed by atoms with Crippen molar-refractivity contribution in [3.63, 3.8) is 0 Å². The smallest absolute Gasteiger partial charge is 0.0827 e. The van der Waals surface area contributed by atoms with Crippen molar-refractivity contribution in [3.05, 3.63) is 12.2 Å². The van der Waals surface area contributed by atoms with Crippen LogP contribution in [0.25, 0.3) is 0 Å². The Balaban J connectivity index is 3.99. The van der Waals surface area contributed by atoms with E-state index in [0.29, 0.717) is 0 Å². The molecule has 1 heteroatoms. The summed E-state index contributed by atoms with van der Waals surface area (Å²) in [6, 6.07) is 0. The molecule has 0 saturated heterocycles. The average Bonchev–Trinajstić information content (AvgIpc) is 2.12. The molecule has 13 heavy (non-hydrogen) atoms. The van der Waals surface area contributed by atoms with E-state index in [-0.39, 0.29) is 0 Å². The summed E-state index contributed by atoms with van der Waals surface area (Å²) in [7, 11) is 0. The second-order valence-electron chi connectivity index (χ2n) is 3.81. The molecule has 0 heterocycles. The van der Waals surface area contributed by atoms with Crippen molar-refractivity contribution in [2.24, 2.45) is 0 Å². The van der Waals surface area contributed by atoms with Gasteiger partial charge in [0.2, 0.25) is 0 Å². The highest BCUT2D eigenvalue weighted by Gasteiger charge is 2.20. The van der Waals surface area contributed by atoms with Crippen molar-refractivity contribution in [2.75, 3.05) is 0 Å². The average molecular weight is 184 g/mol. The Bertz CT molecular complexity index is 130. The lowest BCUT2D eigenvalue weighted by Crippen LogP contribution is -2.25. The van der Waals surface area contributed by atoms with Crippen LogP contribution in [-0.4, -0.2) is 10.7 Å². The van der Waals surface area contributed by atoms with Gasteiger partial charge >= 0.3 is 0 Å². The van der Waals surface area contributed by atoms with Crippen LogP contribution in [-0.2, 0) is 0 Å². The van der Waals surface area contributed by atoms with E-state index in [4.69, 9.17) is 0 Å². The normalized spacial score (nSPS) is 12.6. The van der Waals surface area contributed by atoms with Crippen molar-refractivity contribution in [2.45, 2.75) is 64.9 Å². The van der Waals surface area contributed by atoms with Gasteiger partial charge in [-0.15, -0.1) is 0 Å². The monoisotopic (exact) mass is 184 g/mol. The number of aliphatic hydroxyl groups is 1. The highest BCUT2D eigenvalue weighted by Crippen LogP contribution is 2.22. The van der Waals surface area contributed by atoms with Crippen molar-refractivity contribution in [1.82, 2.24) is 0 Å². The fourth-order valence-electron chi connectivity index (χ4n) is 1.57. The predicted octanol–water partition coefficient (Wildman–Crippen LogP) is 3.67. The van der Waals surface area contributed by atoms with Gasteiger partial charge in [0.05, 0.1) is 5.60 Å². The van der Waals surface area contributed by atoms with Gasteiger partial charge in [-0.2, -0.15) is 0 Å². The Morgan fingerprint density at radius 3 is 1.85 bits per heavy atom. The SMILES string of the molecule is C/C=C/C(O)(CCCC)CCCC. The molecule has 0 spiro atoms. The van der Waals surface area contributed by atoms with Crippen LogP contribution in [0, 0.1) is 0 Å². The lowest BCUT2D eigenvalue weighted by atomic mass is 9.90. The number of unbranched alkanes of at least 4 members (excludes halogenated alkanes) is 2. The first-order valence-corrected chi connectivity index (χ1v) is 5.54. The van der Waals surface area contributed by atoms with Crippen LogP contribution in [0.4, 0.5) is 0 Å². The lowest BCUT2D eigenvalue weighted by molar-refractivity contribution is 0.0673. The Labute approximate surface area is 82.9 Å². The molecule has 0 unspecified atom stereocenters. The third-order valence-corrected chi connectivity index (χ3v) is 2.40. The maximum absolute atomic E-state index is 10.2. The van der Waals surface area contributed by atoms with Crippen LogP contribution in [0.5, 0.6) is 0 Å². The molecule has 0 aromatic heterocycles. The third kappa shape index (κ3) is 5.87. The van der Waals surface area contributed by atoms with Crippen LogP contribution in [0.2, 0.25) is 0 Å². The molecule has 0 aliphatic carbocycles. The number of hydrogen-bond acceptors (Lipinski definition) is 1.